The molecule has 0 aliphatic carbocycles. The third-order valence-electron chi connectivity index (χ3n) is 4.01. The number of nitrogens with one attached hydrogen (secondary N) is 1. The van der Waals surface area contributed by atoms with Crippen molar-refractivity contribution in [2.24, 2.45) is 5.41 Å². The number of likely N-dealkylation sites (N-methyl/N-ethyl adjacent to an activating group) is 1. The number of amides is 3. The lowest BCUT2D eigenvalue weighted by molar-refractivity contribution is -0.150. The van der Waals surface area contributed by atoms with Crippen LogP contribution in [0.25, 0.3) is 0 Å². The van der Waals surface area contributed by atoms with Gasteiger partial charge in [-0.15, -0.1) is 0 Å². The highest BCUT2D eigenvalue weighted by atomic mass is 16.4. The Hall–Kier alpha value is -1.79. The highest BCUT2D eigenvalue weighted by molar-refractivity contribution is 5.84. The number of likely N-dealkylation sites (tertiary alicyclic amines) is 1. The van der Waals surface area contributed by atoms with Crippen molar-refractivity contribution in [1.82, 2.24) is 15.1 Å². The Morgan fingerprint density at radius 3 is 2.43 bits per heavy atom. The minimum Gasteiger partial charge on any atom is -0.481 e. The zero-order chi connectivity index (χ0) is 16.0. The third kappa shape index (κ3) is 4.34. The molecule has 1 aliphatic rings. The summed E-state index contributed by atoms with van der Waals surface area (Å²) in [6.45, 7) is 7.26. The van der Waals surface area contributed by atoms with Crippen LogP contribution in [0.5, 0.6) is 0 Å². The number of rotatable bonds is 5. The molecular formula is C14H25N3O4. The van der Waals surface area contributed by atoms with Gasteiger partial charge >= 0.3 is 12.0 Å². The van der Waals surface area contributed by atoms with Gasteiger partial charge in [0.15, 0.2) is 0 Å². The molecule has 0 radical (unpaired) electrons. The first-order valence-electron chi connectivity index (χ1n) is 7.38. The van der Waals surface area contributed by atoms with Crippen LogP contribution in [0.1, 0.15) is 33.6 Å². The van der Waals surface area contributed by atoms with Crippen molar-refractivity contribution in [2.75, 3.05) is 32.7 Å². The van der Waals surface area contributed by atoms with Crippen LogP contribution in [0, 0.1) is 5.41 Å². The molecule has 1 rings (SSSR count). The molecule has 0 aromatic heterocycles. The third-order valence-corrected chi connectivity index (χ3v) is 4.01. The molecule has 0 saturated carbocycles. The van der Waals surface area contributed by atoms with E-state index in [0.29, 0.717) is 32.5 Å². The molecule has 7 nitrogen and oxygen atoms in total. The van der Waals surface area contributed by atoms with Gasteiger partial charge in [0.25, 0.3) is 0 Å². The summed E-state index contributed by atoms with van der Waals surface area (Å²) in [4.78, 5) is 38.3. The monoisotopic (exact) mass is 299 g/mol. The Kier molecular flexibility index (Phi) is 5.99. The minimum absolute atomic E-state index is 0.0548. The molecule has 0 aromatic carbocycles. The van der Waals surface area contributed by atoms with Crippen LogP contribution >= 0.6 is 0 Å². The second-order valence-corrected chi connectivity index (χ2v) is 5.62. The fourth-order valence-electron chi connectivity index (χ4n) is 2.54. The summed E-state index contributed by atoms with van der Waals surface area (Å²) < 4.78 is 0. The van der Waals surface area contributed by atoms with Gasteiger partial charge in [-0.1, -0.05) is 0 Å². The predicted molar refractivity (Wildman–Crippen MR) is 77.9 cm³/mol. The summed E-state index contributed by atoms with van der Waals surface area (Å²) in [5.74, 6) is -1.02. The van der Waals surface area contributed by atoms with Gasteiger partial charge in [-0.2, -0.15) is 0 Å². The molecule has 120 valence electrons. The van der Waals surface area contributed by atoms with Crippen molar-refractivity contribution < 1.29 is 19.5 Å². The molecule has 3 amide bonds. The Morgan fingerprint density at radius 1 is 1.29 bits per heavy atom. The Balaban J connectivity index is 2.52. The van der Waals surface area contributed by atoms with E-state index in [9.17, 15) is 19.5 Å². The summed E-state index contributed by atoms with van der Waals surface area (Å²) in [7, 11) is 0. The summed E-state index contributed by atoms with van der Waals surface area (Å²) in [5.41, 5.74) is -0.904. The number of urea groups is 1. The molecule has 0 spiro atoms. The largest absolute Gasteiger partial charge is 0.481 e. The smallest absolute Gasteiger partial charge is 0.317 e. The molecule has 7 heteroatoms. The maximum absolute atomic E-state index is 12.1. The fourth-order valence-corrected chi connectivity index (χ4v) is 2.54. The number of hydrogen-bond donors (Lipinski definition) is 2. The molecule has 0 bridgehead atoms. The lowest BCUT2D eigenvalue weighted by atomic mass is 9.82. The summed E-state index contributed by atoms with van der Waals surface area (Å²) in [6.07, 6.45) is 1.21. The van der Waals surface area contributed by atoms with Crippen LogP contribution in [0.4, 0.5) is 4.79 Å². The van der Waals surface area contributed by atoms with E-state index in [1.807, 2.05) is 13.8 Å². The van der Waals surface area contributed by atoms with Crippen molar-refractivity contribution in [3.05, 3.63) is 0 Å². The number of carbonyl (C=O) groups excluding carboxylic acids is 2. The normalized spacial score (nSPS) is 21.8. The molecule has 2 N–H and O–H groups in total. The van der Waals surface area contributed by atoms with Crippen LogP contribution in [0.2, 0.25) is 0 Å². The molecule has 0 aromatic rings. The molecule has 1 saturated heterocycles. The second-order valence-electron chi connectivity index (χ2n) is 5.62. The molecule has 1 aliphatic heterocycles. The number of carboxylic acids is 1. The van der Waals surface area contributed by atoms with Crippen molar-refractivity contribution in [1.29, 1.82) is 0 Å². The summed E-state index contributed by atoms with van der Waals surface area (Å²) in [6, 6.07) is -0.373. The second kappa shape index (κ2) is 7.28. The maximum Gasteiger partial charge on any atom is 0.317 e. The minimum atomic E-state index is -0.904. The van der Waals surface area contributed by atoms with E-state index in [0.717, 1.165) is 0 Å². The van der Waals surface area contributed by atoms with E-state index < -0.39 is 11.4 Å². The molecule has 1 unspecified atom stereocenters. The van der Waals surface area contributed by atoms with E-state index in [1.54, 1.807) is 11.8 Å². The average molecular weight is 299 g/mol. The zero-order valence-corrected chi connectivity index (χ0v) is 13.0. The number of carbonyl (C=O) groups is 3. The van der Waals surface area contributed by atoms with E-state index in [2.05, 4.69) is 5.32 Å². The molecular weight excluding hydrogens is 274 g/mol. The SMILES string of the molecule is CCN(CC)C(=O)CNC(=O)N1CCCC(C)(C(=O)O)C1. The summed E-state index contributed by atoms with van der Waals surface area (Å²) >= 11 is 0. The first-order chi connectivity index (χ1) is 9.84. The highest BCUT2D eigenvalue weighted by Crippen LogP contribution is 2.29. The molecule has 1 atom stereocenters. The van der Waals surface area contributed by atoms with Crippen LogP contribution < -0.4 is 5.32 Å². The number of nitrogens with zero attached hydrogens (tertiary/aromatic N) is 2. The topological polar surface area (TPSA) is 90.0 Å². The Morgan fingerprint density at radius 2 is 1.90 bits per heavy atom. The lowest BCUT2D eigenvalue weighted by Gasteiger charge is -2.37. The quantitative estimate of drug-likeness (QED) is 0.784. The number of aliphatic carboxylic acids is 1. The Labute approximate surface area is 125 Å². The highest BCUT2D eigenvalue weighted by Gasteiger charge is 2.39. The van der Waals surface area contributed by atoms with E-state index in [1.165, 1.54) is 4.90 Å². The van der Waals surface area contributed by atoms with Crippen LogP contribution in [-0.4, -0.2) is 65.5 Å². The van der Waals surface area contributed by atoms with Crippen LogP contribution in [0.15, 0.2) is 0 Å². The van der Waals surface area contributed by atoms with Gasteiger partial charge in [0.05, 0.1) is 12.0 Å². The first-order valence-corrected chi connectivity index (χ1v) is 7.38. The van der Waals surface area contributed by atoms with Crippen LogP contribution in [0.3, 0.4) is 0 Å². The van der Waals surface area contributed by atoms with E-state index in [4.69, 9.17) is 0 Å². The van der Waals surface area contributed by atoms with Gasteiger partial charge in [0.2, 0.25) is 5.91 Å². The van der Waals surface area contributed by atoms with Crippen molar-refractivity contribution in [2.45, 2.75) is 33.6 Å². The first kappa shape index (κ1) is 17.3. The number of piperidine rings is 1. The van der Waals surface area contributed by atoms with Gasteiger partial charge in [0.1, 0.15) is 0 Å². The predicted octanol–water partition coefficient (Wildman–Crippen LogP) is 0.751. The van der Waals surface area contributed by atoms with E-state index in [-0.39, 0.29) is 25.0 Å². The van der Waals surface area contributed by atoms with Gasteiger partial charge in [-0.3, -0.25) is 9.59 Å². The number of hydrogen-bond acceptors (Lipinski definition) is 3. The summed E-state index contributed by atoms with van der Waals surface area (Å²) in [5, 5.41) is 11.8. The fraction of sp³-hybridized carbons (Fsp3) is 0.786. The van der Waals surface area contributed by atoms with E-state index >= 15 is 0 Å². The molecule has 21 heavy (non-hydrogen) atoms. The Bertz CT molecular complexity index is 409. The standard InChI is InChI=1S/C14H25N3O4/c1-4-16(5-2)11(18)9-15-13(21)17-8-6-7-14(3,10-17)12(19)20/h4-10H2,1-3H3,(H,15,21)(H,19,20). The number of carboxylic acid groups (broad SMARTS) is 1. The van der Waals surface area contributed by atoms with Crippen LogP contribution in [-0.2, 0) is 9.59 Å². The van der Waals surface area contributed by atoms with Gasteiger partial charge in [-0.25, -0.2) is 4.79 Å². The van der Waals surface area contributed by atoms with Gasteiger partial charge < -0.3 is 20.2 Å². The van der Waals surface area contributed by atoms with Crippen molar-refractivity contribution in [3.63, 3.8) is 0 Å². The van der Waals surface area contributed by atoms with Gasteiger partial charge in [-0.05, 0) is 33.6 Å². The average Bonchev–Trinajstić information content (AvgIpc) is 2.46. The zero-order valence-electron chi connectivity index (χ0n) is 13.0. The molecule has 1 heterocycles. The molecule has 1 fully saturated rings. The van der Waals surface area contributed by atoms with Crippen molar-refractivity contribution >= 4 is 17.9 Å². The van der Waals surface area contributed by atoms with Gasteiger partial charge in [0, 0.05) is 26.2 Å². The maximum atomic E-state index is 12.1. The van der Waals surface area contributed by atoms with Crippen molar-refractivity contribution in [3.8, 4) is 0 Å². The lowest BCUT2D eigenvalue weighted by Crippen LogP contribution is -2.52.